The van der Waals surface area contributed by atoms with Crippen LogP contribution in [0.15, 0.2) is 14.2 Å². The summed E-state index contributed by atoms with van der Waals surface area (Å²) in [5.41, 5.74) is -0.961. The first kappa shape index (κ1) is 20.9. The lowest BCUT2D eigenvalue weighted by Crippen LogP contribution is -2.17. The van der Waals surface area contributed by atoms with E-state index in [2.05, 4.69) is 11.9 Å². The first-order valence-corrected chi connectivity index (χ1v) is 9.13. The van der Waals surface area contributed by atoms with E-state index in [1.165, 1.54) is 19.3 Å². The largest absolute Gasteiger partial charge is 0.506 e. The molecule has 0 fully saturated rings. The van der Waals surface area contributed by atoms with Crippen LogP contribution in [-0.4, -0.2) is 28.3 Å². The molecule has 6 nitrogen and oxygen atoms in total. The molecule has 1 rings (SSSR count). The molecule has 1 heterocycles. The van der Waals surface area contributed by atoms with Crippen LogP contribution in [0.1, 0.15) is 88.1 Å². The summed E-state index contributed by atoms with van der Waals surface area (Å²) in [6.45, 7) is 6.13. The predicted molar refractivity (Wildman–Crippen MR) is 98.0 cm³/mol. The van der Waals surface area contributed by atoms with E-state index in [0.29, 0.717) is 18.7 Å². The van der Waals surface area contributed by atoms with Crippen LogP contribution in [0.2, 0.25) is 0 Å². The van der Waals surface area contributed by atoms with Gasteiger partial charge >= 0.3 is 5.63 Å². The zero-order valence-corrected chi connectivity index (χ0v) is 15.4. The van der Waals surface area contributed by atoms with Gasteiger partial charge in [-0.2, -0.15) is 0 Å². The maximum Gasteiger partial charge on any atom is 0.351 e. The molecule has 0 aliphatic rings. The normalized spacial score (nSPS) is 11.7. The zero-order valence-electron chi connectivity index (χ0n) is 15.4. The Morgan fingerprint density at radius 2 is 1.60 bits per heavy atom. The van der Waals surface area contributed by atoms with E-state index in [1.807, 2.05) is 6.92 Å². The van der Waals surface area contributed by atoms with Gasteiger partial charge in [-0.25, -0.2) is 4.79 Å². The molecule has 0 atom stereocenters. The fraction of sp³-hybridized carbons (Fsp3) is 0.632. The SMILES string of the molecule is CCCCCCCCN=C(CC)c1c(O)c(C(=O)CC)c(O)oc1=O. The molecule has 0 unspecified atom stereocenters. The van der Waals surface area contributed by atoms with Crippen molar-refractivity contribution < 1.29 is 19.4 Å². The molecule has 0 aliphatic heterocycles. The van der Waals surface area contributed by atoms with Gasteiger partial charge in [-0.05, 0) is 12.8 Å². The van der Waals surface area contributed by atoms with Crippen molar-refractivity contribution in [3.05, 3.63) is 21.5 Å². The number of aromatic hydroxyl groups is 2. The first-order chi connectivity index (χ1) is 12.0. The summed E-state index contributed by atoms with van der Waals surface area (Å²) in [4.78, 5) is 28.4. The molecule has 0 saturated carbocycles. The number of carbonyl (C=O) groups is 1. The quantitative estimate of drug-likeness (QED) is 0.353. The highest BCUT2D eigenvalue weighted by molar-refractivity contribution is 6.07. The highest BCUT2D eigenvalue weighted by atomic mass is 16.5. The van der Waals surface area contributed by atoms with Crippen molar-refractivity contribution in [1.82, 2.24) is 0 Å². The molecule has 140 valence electrons. The lowest BCUT2D eigenvalue weighted by Gasteiger charge is -2.10. The van der Waals surface area contributed by atoms with E-state index in [0.717, 1.165) is 19.3 Å². The fourth-order valence-corrected chi connectivity index (χ4v) is 2.67. The molecule has 0 aliphatic carbocycles. The monoisotopic (exact) mass is 351 g/mol. The van der Waals surface area contributed by atoms with Gasteiger partial charge in [-0.1, -0.05) is 52.9 Å². The van der Waals surface area contributed by atoms with Gasteiger partial charge in [-0.15, -0.1) is 0 Å². The maximum absolute atomic E-state index is 12.1. The van der Waals surface area contributed by atoms with Crippen LogP contribution in [0.25, 0.3) is 0 Å². The Bertz CT molecular complexity index is 661. The number of hydrogen-bond donors (Lipinski definition) is 2. The maximum atomic E-state index is 12.1. The predicted octanol–water partition coefficient (Wildman–Crippen LogP) is 4.20. The molecular formula is C19H29NO5. The van der Waals surface area contributed by atoms with Crippen molar-refractivity contribution in [3.63, 3.8) is 0 Å². The number of unbranched alkanes of at least 4 members (excludes halogenated alkanes) is 5. The number of aliphatic imine (C=N–C) groups is 1. The summed E-state index contributed by atoms with van der Waals surface area (Å²) in [6.07, 6.45) is 7.27. The number of rotatable bonds is 11. The van der Waals surface area contributed by atoms with Gasteiger partial charge in [0.05, 0.1) is 5.71 Å². The number of nitrogens with zero attached hydrogens (tertiary/aromatic N) is 1. The Morgan fingerprint density at radius 3 is 2.20 bits per heavy atom. The van der Waals surface area contributed by atoms with Gasteiger partial charge in [0.2, 0.25) is 0 Å². The minimum atomic E-state index is -0.883. The Labute approximate surface area is 148 Å². The van der Waals surface area contributed by atoms with Gasteiger partial charge in [0, 0.05) is 13.0 Å². The van der Waals surface area contributed by atoms with E-state index in [9.17, 15) is 19.8 Å². The highest BCUT2D eigenvalue weighted by Crippen LogP contribution is 2.30. The Morgan fingerprint density at radius 1 is 0.960 bits per heavy atom. The highest BCUT2D eigenvalue weighted by Gasteiger charge is 2.25. The lowest BCUT2D eigenvalue weighted by atomic mass is 10.0. The summed E-state index contributed by atoms with van der Waals surface area (Å²) >= 11 is 0. The molecular weight excluding hydrogens is 322 g/mol. The van der Waals surface area contributed by atoms with Gasteiger partial charge in [0.25, 0.3) is 5.95 Å². The number of carbonyl (C=O) groups excluding carboxylic acids is 1. The Kier molecular flexibility index (Phi) is 8.95. The molecule has 1 aromatic heterocycles. The van der Waals surface area contributed by atoms with E-state index in [4.69, 9.17) is 4.42 Å². The number of ketones is 1. The number of hydrogen-bond acceptors (Lipinski definition) is 6. The van der Waals surface area contributed by atoms with E-state index in [-0.39, 0.29) is 17.5 Å². The van der Waals surface area contributed by atoms with E-state index >= 15 is 0 Å². The first-order valence-electron chi connectivity index (χ1n) is 9.13. The molecule has 0 saturated heterocycles. The van der Waals surface area contributed by atoms with Crippen LogP contribution in [-0.2, 0) is 0 Å². The third kappa shape index (κ3) is 5.73. The smallest absolute Gasteiger partial charge is 0.351 e. The van der Waals surface area contributed by atoms with Crippen LogP contribution < -0.4 is 5.63 Å². The third-order valence-electron chi connectivity index (χ3n) is 4.12. The molecule has 2 N–H and O–H groups in total. The molecule has 0 radical (unpaired) electrons. The molecule has 1 aromatic rings. The van der Waals surface area contributed by atoms with Crippen LogP contribution in [0.5, 0.6) is 11.7 Å². The van der Waals surface area contributed by atoms with Crippen molar-refractivity contribution in [2.75, 3.05) is 6.54 Å². The van der Waals surface area contributed by atoms with Gasteiger partial charge < -0.3 is 14.6 Å². The van der Waals surface area contributed by atoms with E-state index in [1.54, 1.807) is 6.92 Å². The Balaban J connectivity index is 2.97. The third-order valence-corrected chi connectivity index (χ3v) is 4.12. The van der Waals surface area contributed by atoms with Gasteiger partial charge in [0.1, 0.15) is 16.9 Å². The minimum absolute atomic E-state index is 0.0741. The zero-order chi connectivity index (χ0) is 18.8. The molecule has 6 heteroatoms. The summed E-state index contributed by atoms with van der Waals surface area (Å²) in [7, 11) is 0. The molecule has 0 aromatic carbocycles. The lowest BCUT2D eigenvalue weighted by molar-refractivity contribution is 0.0976. The number of Topliss-reactive ketones (excluding diaryl/α,β-unsaturated/α-hetero) is 1. The topological polar surface area (TPSA) is 100 Å². The van der Waals surface area contributed by atoms with Crippen LogP contribution in [0.3, 0.4) is 0 Å². The van der Waals surface area contributed by atoms with Crippen molar-refractivity contribution in [2.45, 2.75) is 72.1 Å². The summed E-state index contributed by atoms with van der Waals surface area (Å²) < 4.78 is 4.74. The van der Waals surface area contributed by atoms with Crippen molar-refractivity contribution >= 4 is 11.5 Å². The van der Waals surface area contributed by atoms with Crippen molar-refractivity contribution in [2.24, 2.45) is 4.99 Å². The summed E-state index contributed by atoms with van der Waals surface area (Å²) in [5, 5.41) is 20.0. The van der Waals surface area contributed by atoms with Crippen LogP contribution in [0, 0.1) is 0 Å². The average Bonchev–Trinajstić information content (AvgIpc) is 2.58. The second-order valence-corrected chi connectivity index (χ2v) is 6.02. The molecule has 25 heavy (non-hydrogen) atoms. The van der Waals surface area contributed by atoms with Gasteiger partial charge in [-0.3, -0.25) is 9.79 Å². The minimum Gasteiger partial charge on any atom is -0.506 e. The summed E-state index contributed by atoms with van der Waals surface area (Å²) in [6, 6.07) is 0. The van der Waals surface area contributed by atoms with Crippen LogP contribution in [0.4, 0.5) is 0 Å². The fourth-order valence-electron chi connectivity index (χ4n) is 2.67. The molecule has 0 amide bonds. The second kappa shape index (κ2) is 10.7. The van der Waals surface area contributed by atoms with Crippen molar-refractivity contribution in [1.29, 1.82) is 0 Å². The van der Waals surface area contributed by atoms with Gasteiger partial charge in [0.15, 0.2) is 5.78 Å². The second-order valence-electron chi connectivity index (χ2n) is 6.02. The Hall–Kier alpha value is -2.11. The van der Waals surface area contributed by atoms with E-state index < -0.39 is 23.1 Å². The molecule has 0 bridgehead atoms. The van der Waals surface area contributed by atoms with Crippen LogP contribution >= 0.6 is 0 Å². The standard InChI is InChI=1S/C19H29NO5/c1-4-7-8-9-10-11-12-20-13(5-2)15-17(22)16(14(21)6-3)19(24)25-18(15)23/h22,24H,4-12H2,1-3H3. The van der Waals surface area contributed by atoms with Crippen molar-refractivity contribution in [3.8, 4) is 11.7 Å². The summed E-state index contributed by atoms with van der Waals surface area (Å²) in [5.74, 6) is -1.87. The molecule has 0 spiro atoms. The average molecular weight is 351 g/mol.